The van der Waals surface area contributed by atoms with Gasteiger partial charge in [0.1, 0.15) is 12.1 Å². The fourth-order valence-electron chi connectivity index (χ4n) is 3.64. The van der Waals surface area contributed by atoms with E-state index in [1.54, 1.807) is 11.8 Å². The number of thioether (sulfide) groups is 1. The summed E-state index contributed by atoms with van der Waals surface area (Å²) in [4.78, 5) is 31.9. The van der Waals surface area contributed by atoms with Crippen molar-refractivity contribution in [3.8, 4) is 0 Å². The topological polar surface area (TPSA) is 76.5 Å². The summed E-state index contributed by atoms with van der Waals surface area (Å²) in [6, 6.07) is 17.8. The Morgan fingerprint density at radius 2 is 1.80 bits per heavy atom. The molecule has 0 bridgehead atoms. The molecule has 1 aromatic heterocycles. The second-order valence-corrected chi connectivity index (χ2v) is 10.5. The molecular weight excluding hydrogens is 460 g/mol. The average Bonchev–Trinajstić information content (AvgIpc) is 3.16. The molecule has 1 N–H and O–H groups in total. The molecule has 0 radical (unpaired) electrons. The summed E-state index contributed by atoms with van der Waals surface area (Å²) in [7, 11) is 0. The molecule has 0 fully saturated rings. The van der Waals surface area contributed by atoms with Crippen molar-refractivity contribution in [1.29, 1.82) is 0 Å². The van der Waals surface area contributed by atoms with Crippen LogP contribution >= 0.6 is 11.8 Å². The maximum atomic E-state index is 12.7. The summed E-state index contributed by atoms with van der Waals surface area (Å²) >= 11 is 1.60. The SMILES string of the molecule is CCCNC(=O)N(CCCSc1nc2ccccc2n1CC(=O)OC(C)(C)C)Cc1ccccc1. The van der Waals surface area contributed by atoms with E-state index in [-0.39, 0.29) is 18.5 Å². The van der Waals surface area contributed by atoms with E-state index in [0.29, 0.717) is 19.6 Å². The van der Waals surface area contributed by atoms with Gasteiger partial charge < -0.3 is 19.5 Å². The monoisotopic (exact) mass is 496 g/mol. The molecule has 3 rings (SSSR count). The molecule has 2 amide bonds. The zero-order chi connectivity index (χ0) is 25.3. The molecule has 8 heteroatoms. The van der Waals surface area contributed by atoms with Crippen molar-refractivity contribution in [2.24, 2.45) is 0 Å². The highest BCUT2D eigenvalue weighted by Gasteiger charge is 2.20. The van der Waals surface area contributed by atoms with Gasteiger partial charge in [0, 0.05) is 25.4 Å². The molecule has 188 valence electrons. The van der Waals surface area contributed by atoms with Gasteiger partial charge in [-0.2, -0.15) is 0 Å². The molecule has 7 nitrogen and oxygen atoms in total. The number of fused-ring (bicyclic) bond motifs is 1. The highest BCUT2D eigenvalue weighted by molar-refractivity contribution is 7.99. The molecule has 0 aliphatic rings. The number of hydrogen-bond donors (Lipinski definition) is 1. The summed E-state index contributed by atoms with van der Waals surface area (Å²) < 4.78 is 7.46. The smallest absolute Gasteiger partial charge is 0.326 e. The molecule has 2 aromatic carbocycles. The van der Waals surface area contributed by atoms with Crippen molar-refractivity contribution in [2.45, 2.75) is 64.4 Å². The number of carbonyl (C=O) groups is 2. The molecule has 3 aromatic rings. The quantitative estimate of drug-likeness (QED) is 0.216. The van der Waals surface area contributed by atoms with Crippen LogP contribution in [-0.2, 0) is 22.6 Å². The van der Waals surface area contributed by atoms with Crippen molar-refractivity contribution in [2.75, 3.05) is 18.8 Å². The number of carbonyl (C=O) groups excluding carboxylic acids is 2. The molecule has 0 aliphatic heterocycles. The number of benzene rings is 2. The molecular formula is C27H36N4O3S. The fraction of sp³-hybridized carbons (Fsp3) is 0.444. The van der Waals surface area contributed by atoms with Crippen molar-refractivity contribution < 1.29 is 14.3 Å². The van der Waals surface area contributed by atoms with E-state index < -0.39 is 5.60 Å². The summed E-state index contributed by atoms with van der Waals surface area (Å²) in [6.45, 7) is 9.61. The first-order chi connectivity index (χ1) is 16.8. The van der Waals surface area contributed by atoms with Crippen molar-refractivity contribution in [3.63, 3.8) is 0 Å². The Bertz CT molecular complexity index is 1110. The molecule has 0 aliphatic carbocycles. The zero-order valence-electron chi connectivity index (χ0n) is 21.1. The van der Waals surface area contributed by atoms with E-state index in [0.717, 1.165) is 40.3 Å². The predicted molar refractivity (Wildman–Crippen MR) is 141 cm³/mol. The van der Waals surface area contributed by atoms with Crippen LogP contribution in [0.4, 0.5) is 4.79 Å². The van der Waals surface area contributed by atoms with E-state index in [2.05, 4.69) is 5.32 Å². The van der Waals surface area contributed by atoms with Gasteiger partial charge in [-0.3, -0.25) is 4.79 Å². The van der Waals surface area contributed by atoms with Gasteiger partial charge in [-0.25, -0.2) is 9.78 Å². The first-order valence-electron chi connectivity index (χ1n) is 12.1. The number of nitrogens with one attached hydrogen (secondary N) is 1. The Morgan fingerprint density at radius 3 is 2.51 bits per heavy atom. The minimum Gasteiger partial charge on any atom is -0.459 e. The van der Waals surface area contributed by atoms with Crippen molar-refractivity contribution in [1.82, 2.24) is 19.8 Å². The van der Waals surface area contributed by atoms with Gasteiger partial charge in [-0.05, 0) is 51.3 Å². The second-order valence-electron chi connectivity index (χ2n) is 9.40. The number of para-hydroxylation sites is 2. The van der Waals surface area contributed by atoms with E-state index in [4.69, 9.17) is 9.72 Å². The third-order valence-electron chi connectivity index (χ3n) is 5.16. The Morgan fingerprint density at radius 1 is 1.09 bits per heavy atom. The van der Waals surface area contributed by atoms with Crippen LogP contribution in [0.2, 0.25) is 0 Å². The van der Waals surface area contributed by atoms with Gasteiger partial charge in [0.05, 0.1) is 11.0 Å². The van der Waals surface area contributed by atoms with Gasteiger partial charge in [-0.15, -0.1) is 0 Å². The lowest BCUT2D eigenvalue weighted by molar-refractivity contribution is -0.155. The minimum absolute atomic E-state index is 0.0436. The Kier molecular flexibility index (Phi) is 9.60. The highest BCUT2D eigenvalue weighted by Crippen LogP contribution is 2.25. The first kappa shape index (κ1) is 26.6. The Balaban J connectivity index is 1.65. The number of ether oxygens (including phenoxy) is 1. The number of urea groups is 1. The molecule has 0 spiro atoms. The minimum atomic E-state index is -0.540. The summed E-state index contributed by atoms with van der Waals surface area (Å²) in [5.74, 6) is 0.480. The van der Waals surface area contributed by atoms with Crippen LogP contribution < -0.4 is 5.32 Å². The number of aromatic nitrogens is 2. The molecule has 0 saturated carbocycles. The van der Waals surface area contributed by atoms with E-state index in [1.807, 2.05) is 91.8 Å². The highest BCUT2D eigenvalue weighted by atomic mass is 32.2. The Labute approximate surface area is 212 Å². The van der Waals surface area contributed by atoms with Crippen LogP contribution in [-0.4, -0.2) is 50.9 Å². The van der Waals surface area contributed by atoms with Gasteiger partial charge in [-0.1, -0.05) is 61.2 Å². The van der Waals surface area contributed by atoms with Gasteiger partial charge in [0.25, 0.3) is 0 Å². The normalized spacial score (nSPS) is 11.4. The summed E-state index contributed by atoms with van der Waals surface area (Å²) in [5, 5.41) is 3.77. The lowest BCUT2D eigenvalue weighted by atomic mass is 10.2. The number of hydrogen-bond acceptors (Lipinski definition) is 5. The third-order valence-corrected chi connectivity index (χ3v) is 6.22. The summed E-state index contributed by atoms with van der Waals surface area (Å²) in [5.41, 5.74) is 2.32. The van der Waals surface area contributed by atoms with Gasteiger partial charge in [0.2, 0.25) is 0 Å². The third kappa shape index (κ3) is 8.31. The van der Waals surface area contributed by atoms with Crippen LogP contribution in [0, 0.1) is 0 Å². The van der Waals surface area contributed by atoms with Crippen LogP contribution in [0.1, 0.15) is 46.1 Å². The second kappa shape index (κ2) is 12.6. The van der Waals surface area contributed by atoms with Crippen LogP contribution in [0.5, 0.6) is 0 Å². The summed E-state index contributed by atoms with van der Waals surface area (Å²) in [6.07, 6.45) is 1.70. The zero-order valence-corrected chi connectivity index (χ0v) is 21.9. The molecule has 1 heterocycles. The lowest BCUT2D eigenvalue weighted by Gasteiger charge is -2.23. The first-order valence-corrected chi connectivity index (χ1v) is 13.1. The predicted octanol–water partition coefficient (Wildman–Crippen LogP) is 5.48. The molecule has 0 saturated heterocycles. The van der Waals surface area contributed by atoms with Crippen molar-refractivity contribution >= 4 is 34.8 Å². The van der Waals surface area contributed by atoms with Crippen LogP contribution in [0.15, 0.2) is 59.8 Å². The maximum absolute atomic E-state index is 12.7. The number of amides is 2. The average molecular weight is 497 g/mol. The number of imidazole rings is 1. The van der Waals surface area contributed by atoms with E-state index in [9.17, 15) is 9.59 Å². The van der Waals surface area contributed by atoms with E-state index in [1.165, 1.54) is 0 Å². The van der Waals surface area contributed by atoms with Gasteiger partial charge in [0.15, 0.2) is 5.16 Å². The van der Waals surface area contributed by atoms with Crippen LogP contribution in [0.3, 0.4) is 0 Å². The number of nitrogens with zero attached hydrogens (tertiary/aromatic N) is 3. The largest absolute Gasteiger partial charge is 0.459 e. The number of esters is 1. The van der Waals surface area contributed by atoms with Crippen molar-refractivity contribution in [3.05, 3.63) is 60.2 Å². The standard InChI is InChI=1S/C27H36N4O3S/c1-5-16-28-25(33)30(19-21-12-7-6-8-13-21)17-11-18-35-26-29-22-14-9-10-15-23(22)31(26)20-24(32)34-27(2,3)4/h6-10,12-15H,5,11,16-20H2,1-4H3,(H,28,33). The Hall–Kier alpha value is -3.00. The molecule has 0 unspecified atom stereocenters. The lowest BCUT2D eigenvalue weighted by Crippen LogP contribution is -2.40. The number of rotatable bonds is 11. The molecule has 0 atom stereocenters. The fourth-order valence-corrected chi connectivity index (χ4v) is 4.58. The molecule has 35 heavy (non-hydrogen) atoms. The van der Waals surface area contributed by atoms with Crippen LogP contribution in [0.25, 0.3) is 11.0 Å². The maximum Gasteiger partial charge on any atom is 0.326 e. The van der Waals surface area contributed by atoms with Gasteiger partial charge >= 0.3 is 12.0 Å². The van der Waals surface area contributed by atoms with E-state index >= 15 is 0 Å².